The molecule has 0 unspecified atom stereocenters. The molecule has 0 atom stereocenters. The normalized spacial score (nSPS) is 11.2. The zero-order valence-electron chi connectivity index (χ0n) is 16.5. The van der Waals surface area contributed by atoms with Crippen LogP contribution in [0.15, 0.2) is 47.5 Å². The molecule has 0 fully saturated rings. The van der Waals surface area contributed by atoms with Gasteiger partial charge >= 0.3 is 0 Å². The van der Waals surface area contributed by atoms with E-state index < -0.39 is 0 Å². The average molecular weight is 380 g/mol. The van der Waals surface area contributed by atoms with Gasteiger partial charge in [0, 0.05) is 12.1 Å². The molecule has 7 heteroatoms. The molecule has 1 N–H and O–H groups in total. The van der Waals surface area contributed by atoms with Gasteiger partial charge in [-0.05, 0) is 55.9 Å². The number of carbonyl (C=O) groups is 1. The minimum atomic E-state index is -0.379. The fraction of sp³-hybridized carbons (Fsp3) is 0.286. The summed E-state index contributed by atoms with van der Waals surface area (Å²) < 4.78 is 1.48. The van der Waals surface area contributed by atoms with Crippen molar-refractivity contribution in [2.75, 3.05) is 20.7 Å². The highest BCUT2D eigenvalue weighted by Gasteiger charge is 2.12. The molecule has 3 aromatic rings. The Balaban J connectivity index is 2.11. The summed E-state index contributed by atoms with van der Waals surface area (Å²) in [5.74, 6) is -0.379. The van der Waals surface area contributed by atoms with Gasteiger partial charge in [-0.3, -0.25) is 19.0 Å². The average Bonchev–Trinajstić information content (AvgIpc) is 2.69. The highest BCUT2D eigenvalue weighted by Crippen LogP contribution is 2.17. The highest BCUT2D eigenvalue weighted by molar-refractivity contribution is 5.94. The number of hydroxylamine groups is 1. The van der Waals surface area contributed by atoms with Crippen LogP contribution < -0.4 is 11.0 Å². The van der Waals surface area contributed by atoms with Gasteiger partial charge in [0.2, 0.25) is 0 Å². The second-order valence-corrected chi connectivity index (χ2v) is 6.74. The maximum atomic E-state index is 13.2. The van der Waals surface area contributed by atoms with Gasteiger partial charge in [-0.15, -0.1) is 0 Å². The molecule has 3 rings (SSSR count). The molecule has 0 saturated heterocycles. The standard InChI is InChI=1S/C21H24N4O3/c1-5-24(3)12-15-7-9-18-17(10-15)21(27)25(13-22-18)19-11-16(8-6-14(19)2)20(26)23-28-4/h6-11,13H,5,12H2,1-4H3,(H,23,26). The summed E-state index contributed by atoms with van der Waals surface area (Å²) in [5.41, 5.74) is 5.69. The first-order chi connectivity index (χ1) is 13.4. The SMILES string of the molecule is CCN(C)Cc1ccc2ncn(-c3cc(C(=O)NOC)ccc3C)c(=O)c2c1. The van der Waals surface area contributed by atoms with E-state index in [1.165, 1.54) is 18.0 Å². The van der Waals surface area contributed by atoms with Crippen molar-refractivity contribution in [2.45, 2.75) is 20.4 Å². The maximum Gasteiger partial charge on any atom is 0.274 e. The molecule has 0 bridgehead atoms. The summed E-state index contributed by atoms with van der Waals surface area (Å²) in [5, 5.41) is 0.552. The molecular weight excluding hydrogens is 356 g/mol. The molecule has 0 aliphatic carbocycles. The summed E-state index contributed by atoms with van der Waals surface area (Å²) in [6, 6.07) is 10.9. The van der Waals surface area contributed by atoms with Crippen molar-refractivity contribution >= 4 is 16.8 Å². The number of fused-ring (bicyclic) bond motifs is 1. The minimum absolute atomic E-state index is 0.168. The van der Waals surface area contributed by atoms with E-state index in [4.69, 9.17) is 0 Å². The summed E-state index contributed by atoms with van der Waals surface area (Å²) in [6.07, 6.45) is 1.50. The van der Waals surface area contributed by atoms with Crippen molar-refractivity contribution < 1.29 is 9.63 Å². The highest BCUT2D eigenvalue weighted by atomic mass is 16.6. The quantitative estimate of drug-likeness (QED) is 0.665. The Bertz CT molecular complexity index is 1070. The van der Waals surface area contributed by atoms with Crippen molar-refractivity contribution in [1.82, 2.24) is 19.9 Å². The van der Waals surface area contributed by atoms with E-state index in [0.717, 1.165) is 24.2 Å². The Hall–Kier alpha value is -3.03. The minimum Gasteiger partial charge on any atom is -0.302 e. The van der Waals surface area contributed by atoms with Crippen LogP contribution in [0.2, 0.25) is 0 Å². The summed E-state index contributed by atoms with van der Waals surface area (Å²) in [4.78, 5) is 36.5. The molecule has 0 saturated carbocycles. The van der Waals surface area contributed by atoms with E-state index in [1.54, 1.807) is 18.2 Å². The van der Waals surface area contributed by atoms with Crippen LogP contribution in [0, 0.1) is 6.92 Å². The largest absolute Gasteiger partial charge is 0.302 e. The number of nitrogens with one attached hydrogen (secondary N) is 1. The van der Waals surface area contributed by atoms with E-state index in [0.29, 0.717) is 22.2 Å². The van der Waals surface area contributed by atoms with Gasteiger partial charge in [0.1, 0.15) is 6.33 Å². The second-order valence-electron chi connectivity index (χ2n) is 6.74. The predicted octanol–water partition coefficient (Wildman–Crippen LogP) is 2.44. The molecule has 0 aliphatic rings. The number of aryl methyl sites for hydroxylation is 1. The van der Waals surface area contributed by atoms with Gasteiger partial charge in [0.25, 0.3) is 11.5 Å². The molecule has 0 spiro atoms. The third-order valence-electron chi connectivity index (χ3n) is 4.74. The lowest BCUT2D eigenvalue weighted by molar-refractivity contribution is 0.0537. The molecule has 1 aromatic heterocycles. The van der Waals surface area contributed by atoms with Crippen LogP contribution in [-0.4, -0.2) is 41.1 Å². The van der Waals surface area contributed by atoms with Crippen LogP contribution in [0.4, 0.5) is 0 Å². The van der Waals surface area contributed by atoms with Gasteiger partial charge in [-0.1, -0.05) is 19.1 Å². The molecular formula is C21H24N4O3. The Kier molecular flexibility index (Phi) is 5.87. The molecule has 1 amide bonds. The van der Waals surface area contributed by atoms with Crippen molar-refractivity contribution in [3.05, 3.63) is 69.8 Å². The van der Waals surface area contributed by atoms with Crippen LogP contribution in [0.1, 0.15) is 28.4 Å². The lowest BCUT2D eigenvalue weighted by Crippen LogP contribution is -2.23. The van der Waals surface area contributed by atoms with Gasteiger partial charge in [-0.25, -0.2) is 10.5 Å². The van der Waals surface area contributed by atoms with E-state index in [1.807, 2.05) is 32.2 Å². The number of carbonyl (C=O) groups excluding carboxylic acids is 1. The Labute approximate surface area is 163 Å². The zero-order valence-corrected chi connectivity index (χ0v) is 16.5. The summed E-state index contributed by atoms with van der Waals surface area (Å²) in [6.45, 7) is 5.65. The van der Waals surface area contributed by atoms with Gasteiger partial charge in [0.15, 0.2) is 0 Å². The first-order valence-electron chi connectivity index (χ1n) is 9.07. The van der Waals surface area contributed by atoms with Crippen molar-refractivity contribution in [2.24, 2.45) is 0 Å². The third-order valence-corrected chi connectivity index (χ3v) is 4.74. The first kappa shape index (κ1) is 19.7. The topological polar surface area (TPSA) is 76.5 Å². The Morgan fingerprint density at radius 3 is 2.75 bits per heavy atom. The summed E-state index contributed by atoms with van der Waals surface area (Å²) >= 11 is 0. The number of rotatable bonds is 6. The van der Waals surface area contributed by atoms with Gasteiger partial charge in [0.05, 0.1) is 23.7 Å². The molecule has 7 nitrogen and oxygen atoms in total. The van der Waals surface area contributed by atoms with Crippen molar-refractivity contribution in [1.29, 1.82) is 0 Å². The van der Waals surface area contributed by atoms with Crippen LogP contribution in [0.25, 0.3) is 16.6 Å². The number of hydrogen-bond acceptors (Lipinski definition) is 5. The number of benzene rings is 2. The molecule has 2 aromatic carbocycles. The number of hydrogen-bond donors (Lipinski definition) is 1. The molecule has 146 valence electrons. The van der Waals surface area contributed by atoms with Gasteiger partial charge in [-0.2, -0.15) is 0 Å². The van der Waals surface area contributed by atoms with E-state index in [2.05, 4.69) is 27.1 Å². The predicted molar refractivity (Wildman–Crippen MR) is 109 cm³/mol. The molecule has 1 heterocycles. The maximum absolute atomic E-state index is 13.2. The van der Waals surface area contributed by atoms with Crippen LogP contribution >= 0.6 is 0 Å². The van der Waals surface area contributed by atoms with Crippen LogP contribution in [0.3, 0.4) is 0 Å². The first-order valence-corrected chi connectivity index (χ1v) is 9.07. The third kappa shape index (κ3) is 3.95. The lowest BCUT2D eigenvalue weighted by Gasteiger charge is -2.15. The van der Waals surface area contributed by atoms with Crippen molar-refractivity contribution in [3.63, 3.8) is 0 Å². The molecule has 0 aliphatic heterocycles. The molecule has 28 heavy (non-hydrogen) atoms. The number of amides is 1. The monoisotopic (exact) mass is 380 g/mol. The summed E-state index contributed by atoms with van der Waals surface area (Å²) in [7, 11) is 3.41. The van der Waals surface area contributed by atoms with E-state index in [-0.39, 0.29) is 11.5 Å². The fourth-order valence-electron chi connectivity index (χ4n) is 3.02. The van der Waals surface area contributed by atoms with E-state index >= 15 is 0 Å². The smallest absolute Gasteiger partial charge is 0.274 e. The van der Waals surface area contributed by atoms with Crippen LogP contribution in [0.5, 0.6) is 0 Å². The van der Waals surface area contributed by atoms with Gasteiger partial charge < -0.3 is 4.90 Å². The molecule has 0 radical (unpaired) electrons. The Morgan fingerprint density at radius 1 is 1.25 bits per heavy atom. The zero-order chi connectivity index (χ0) is 20.3. The fourth-order valence-corrected chi connectivity index (χ4v) is 3.02. The number of aromatic nitrogens is 2. The lowest BCUT2D eigenvalue weighted by atomic mass is 10.1. The Morgan fingerprint density at radius 2 is 2.04 bits per heavy atom. The second kappa shape index (κ2) is 8.33. The van der Waals surface area contributed by atoms with Crippen LogP contribution in [-0.2, 0) is 11.4 Å². The number of nitrogens with zero attached hydrogens (tertiary/aromatic N) is 3. The van der Waals surface area contributed by atoms with E-state index in [9.17, 15) is 9.59 Å². The van der Waals surface area contributed by atoms with Crippen molar-refractivity contribution in [3.8, 4) is 5.69 Å².